The molecule has 0 N–H and O–H groups in total. The molecule has 0 aromatic rings. The minimum absolute atomic E-state index is 0.0358. The van der Waals surface area contributed by atoms with Crippen LogP contribution in [0.4, 0.5) is 0 Å². The van der Waals surface area contributed by atoms with Gasteiger partial charge >= 0.3 is 11.9 Å². The summed E-state index contributed by atoms with van der Waals surface area (Å²) in [6.45, 7) is 4.18. The number of allylic oxidation sites excluding steroid dienone is 6. The molecule has 0 aliphatic heterocycles. The topological polar surface area (TPSA) is 111 Å². The number of carbonyl (C=O) groups excluding carboxylic acids is 2. The molecule has 0 aliphatic carbocycles. The van der Waals surface area contributed by atoms with Gasteiger partial charge in [0.1, 0.15) is 19.8 Å². The van der Waals surface area contributed by atoms with Crippen LogP contribution in [0, 0.1) is 0 Å². The molecule has 1 unspecified atom stereocenters. The summed E-state index contributed by atoms with van der Waals surface area (Å²) < 4.78 is 33.9. The standard InChI is InChI=1S/C49H92NO8P/c1-6-8-10-12-14-16-18-20-22-23-24-25-26-28-30-32-34-36-38-40-42-49(52)58-47(46-57-59(53,54)56-44-43-50(3,4)5)45-55-48(51)41-39-37-35-33-31-29-27-21-19-17-15-13-11-9-7-2/h15,17,21,27,31,33,47H,6-14,16,18-20,22-26,28-30,32,34-46H2,1-5H3/b17-15+,27-21+,33-31+/t47-/m1/s1. The largest absolute Gasteiger partial charge is 0.756 e. The molecular formula is C49H92NO8P. The van der Waals surface area contributed by atoms with Crippen LogP contribution in [0.25, 0.3) is 0 Å². The Labute approximate surface area is 363 Å². The van der Waals surface area contributed by atoms with Gasteiger partial charge in [0.15, 0.2) is 6.10 Å². The van der Waals surface area contributed by atoms with E-state index in [9.17, 15) is 19.0 Å². The Balaban J connectivity index is 4.31. The highest BCUT2D eigenvalue weighted by Gasteiger charge is 2.21. The van der Waals surface area contributed by atoms with Gasteiger partial charge in [-0.15, -0.1) is 0 Å². The van der Waals surface area contributed by atoms with E-state index in [2.05, 4.69) is 50.3 Å². The van der Waals surface area contributed by atoms with Crippen molar-refractivity contribution in [1.29, 1.82) is 0 Å². The molecule has 0 aromatic heterocycles. The molecule has 346 valence electrons. The van der Waals surface area contributed by atoms with Crippen LogP contribution in [-0.4, -0.2) is 70.0 Å². The predicted molar refractivity (Wildman–Crippen MR) is 245 cm³/mol. The summed E-state index contributed by atoms with van der Waals surface area (Å²) in [4.78, 5) is 37.6. The molecule has 0 saturated heterocycles. The smallest absolute Gasteiger partial charge is 0.306 e. The van der Waals surface area contributed by atoms with E-state index in [0.717, 1.165) is 51.4 Å². The summed E-state index contributed by atoms with van der Waals surface area (Å²) >= 11 is 0. The maximum atomic E-state index is 12.7. The average Bonchev–Trinajstić information content (AvgIpc) is 3.19. The number of hydrogen-bond acceptors (Lipinski definition) is 8. The van der Waals surface area contributed by atoms with Crippen molar-refractivity contribution in [3.8, 4) is 0 Å². The van der Waals surface area contributed by atoms with Crippen molar-refractivity contribution in [1.82, 2.24) is 0 Å². The van der Waals surface area contributed by atoms with Gasteiger partial charge in [-0.05, 0) is 51.4 Å². The average molecular weight is 854 g/mol. The highest BCUT2D eigenvalue weighted by Crippen LogP contribution is 2.38. The summed E-state index contributed by atoms with van der Waals surface area (Å²) in [6, 6.07) is 0. The molecule has 0 bridgehead atoms. The van der Waals surface area contributed by atoms with E-state index < -0.39 is 32.5 Å². The second-order valence-electron chi connectivity index (χ2n) is 17.5. The van der Waals surface area contributed by atoms with E-state index in [-0.39, 0.29) is 26.1 Å². The zero-order valence-corrected chi connectivity index (χ0v) is 39.8. The number of carbonyl (C=O) groups is 2. The molecule has 0 amide bonds. The van der Waals surface area contributed by atoms with E-state index in [1.165, 1.54) is 122 Å². The molecule has 2 atom stereocenters. The van der Waals surface area contributed by atoms with E-state index in [4.69, 9.17) is 18.5 Å². The number of quaternary nitrogens is 1. The van der Waals surface area contributed by atoms with Gasteiger partial charge in [-0.25, -0.2) is 0 Å². The third-order valence-corrected chi connectivity index (χ3v) is 11.4. The Hall–Kier alpha value is -1.77. The van der Waals surface area contributed by atoms with Gasteiger partial charge < -0.3 is 27.9 Å². The fourth-order valence-electron chi connectivity index (χ4n) is 6.60. The van der Waals surface area contributed by atoms with Gasteiger partial charge in [-0.2, -0.15) is 0 Å². The Morgan fingerprint density at radius 2 is 0.915 bits per heavy atom. The number of likely N-dealkylation sites (N-methyl/N-ethyl adjacent to an activating group) is 1. The first-order valence-corrected chi connectivity index (χ1v) is 25.7. The Kier molecular flexibility index (Phi) is 40.3. The summed E-state index contributed by atoms with van der Waals surface area (Å²) in [7, 11) is 1.15. The van der Waals surface area contributed by atoms with Crippen molar-refractivity contribution in [3.05, 3.63) is 36.5 Å². The first-order valence-electron chi connectivity index (χ1n) is 24.2. The normalized spacial score (nSPS) is 13.8. The lowest BCUT2D eigenvalue weighted by atomic mass is 10.0. The van der Waals surface area contributed by atoms with Crippen LogP contribution in [-0.2, 0) is 32.7 Å². The van der Waals surface area contributed by atoms with Gasteiger partial charge in [0.2, 0.25) is 0 Å². The lowest BCUT2D eigenvalue weighted by molar-refractivity contribution is -0.870. The number of nitrogens with zero attached hydrogens (tertiary/aromatic N) is 1. The summed E-state index contributed by atoms with van der Waals surface area (Å²) in [5, 5.41) is 0. The molecule has 0 aromatic carbocycles. The molecule has 0 heterocycles. The second kappa shape index (κ2) is 41.6. The monoisotopic (exact) mass is 854 g/mol. The lowest BCUT2D eigenvalue weighted by Gasteiger charge is -2.28. The highest BCUT2D eigenvalue weighted by atomic mass is 31.2. The number of phosphoric ester groups is 1. The molecule has 0 radical (unpaired) electrons. The first-order chi connectivity index (χ1) is 28.5. The van der Waals surface area contributed by atoms with Crippen LogP contribution < -0.4 is 4.89 Å². The van der Waals surface area contributed by atoms with E-state index in [0.29, 0.717) is 23.9 Å². The van der Waals surface area contributed by atoms with Crippen LogP contribution in [0.5, 0.6) is 0 Å². The Bertz CT molecular complexity index is 1100. The van der Waals surface area contributed by atoms with Crippen molar-refractivity contribution in [3.63, 3.8) is 0 Å². The van der Waals surface area contributed by atoms with Crippen LogP contribution >= 0.6 is 7.82 Å². The molecule has 0 spiro atoms. The van der Waals surface area contributed by atoms with Gasteiger partial charge in [-0.1, -0.05) is 185 Å². The molecule has 0 saturated carbocycles. The molecule has 0 rings (SSSR count). The second-order valence-corrected chi connectivity index (χ2v) is 18.9. The van der Waals surface area contributed by atoms with Gasteiger partial charge in [0, 0.05) is 12.8 Å². The highest BCUT2D eigenvalue weighted by molar-refractivity contribution is 7.45. The predicted octanol–water partition coefficient (Wildman–Crippen LogP) is 13.5. The quantitative estimate of drug-likeness (QED) is 0.0196. The third-order valence-electron chi connectivity index (χ3n) is 10.4. The van der Waals surface area contributed by atoms with Crippen molar-refractivity contribution in [2.24, 2.45) is 0 Å². The number of esters is 2. The SMILES string of the molecule is CCCCC/C=C/C/C=C/C/C=C/CCCCC(=O)OC[C@H](COP(=O)([O-])OCC[N+](C)(C)C)OC(=O)CCCCCCCCCCCCCCCCCCCCCC. The van der Waals surface area contributed by atoms with Crippen molar-refractivity contribution in [2.45, 2.75) is 219 Å². The minimum Gasteiger partial charge on any atom is -0.756 e. The van der Waals surface area contributed by atoms with Crippen LogP contribution in [0.1, 0.15) is 213 Å². The summed E-state index contributed by atoms with van der Waals surface area (Å²) in [5.74, 6) is -0.872. The Morgan fingerprint density at radius 3 is 1.39 bits per heavy atom. The van der Waals surface area contributed by atoms with Gasteiger partial charge in [0.25, 0.3) is 7.82 Å². The van der Waals surface area contributed by atoms with Crippen molar-refractivity contribution >= 4 is 19.8 Å². The van der Waals surface area contributed by atoms with E-state index in [1.807, 2.05) is 21.1 Å². The fourth-order valence-corrected chi connectivity index (χ4v) is 7.33. The molecular weight excluding hydrogens is 762 g/mol. The lowest BCUT2D eigenvalue weighted by Crippen LogP contribution is -2.37. The molecule has 10 heteroatoms. The fraction of sp³-hybridized carbons (Fsp3) is 0.837. The zero-order chi connectivity index (χ0) is 43.6. The van der Waals surface area contributed by atoms with Crippen LogP contribution in [0.2, 0.25) is 0 Å². The molecule has 9 nitrogen and oxygen atoms in total. The van der Waals surface area contributed by atoms with E-state index >= 15 is 0 Å². The maximum Gasteiger partial charge on any atom is 0.306 e. The van der Waals surface area contributed by atoms with E-state index in [1.54, 1.807) is 0 Å². The number of rotatable bonds is 44. The number of unbranched alkanes of at least 4 members (excludes halogenated alkanes) is 24. The van der Waals surface area contributed by atoms with Crippen molar-refractivity contribution < 1.29 is 42.1 Å². The third kappa shape index (κ3) is 45.6. The molecule has 59 heavy (non-hydrogen) atoms. The number of ether oxygens (including phenoxy) is 2. The van der Waals surface area contributed by atoms with Crippen LogP contribution in [0.3, 0.4) is 0 Å². The van der Waals surface area contributed by atoms with Crippen molar-refractivity contribution in [2.75, 3.05) is 47.5 Å². The number of hydrogen-bond donors (Lipinski definition) is 0. The van der Waals surface area contributed by atoms with Gasteiger partial charge in [0.05, 0.1) is 27.7 Å². The summed E-state index contributed by atoms with van der Waals surface area (Å²) in [5.41, 5.74) is 0. The maximum absolute atomic E-state index is 12.7. The van der Waals surface area contributed by atoms with Gasteiger partial charge in [-0.3, -0.25) is 14.2 Å². The molecule has 0 fully saturated rings. The molecule has 0 aliphatic rings. The first kappa shape index (κ1) is 57.2. The van der Waals surface area contributed by atoms with Crippen LogP contribution in [0.15, 0.2) is 36.5 Å². The number of phosphoric acid groups is 1. The zero-order valence-electron chi connectivity index (χ0n) is 39.0. The minimum atomic E-state index is -4.63. The summed E-state index contributed by atoms with van der Waals surface area (Å²) in [6.07, 6.45) is 47.5. The Morgan fingerprint density at radius 1 is 0.525 bits per heavy atom.